The Balaban J connectivity index is 2.73. The first-order valence-corrected chi connectivity index (χ1v) is 6.40. The van der Waals surface area contributed by atoms with Crippen molar-refractivity contribution < 1.29 is 9.59 Å². The number of fused-ring (bicyclic) bond motifs is 1. The minimum absolute atomic E-state index is 0.0962. The van der Waals surface area contributed by atoms with Gasteiger partial charge < -0.3 is 0 Å². The summed E-state index contributed by atoms with van der Waals surface area (Å²) in [6, 6.07) is 0. The highest BCUT2D eigenvalue weighted by atomic mass is 16.2. The van der Waals surface area contributed by atoms with E-state index in [1.165, 1.54) is 16.7 Å². The molecule has 0 fully saturated rings. The van der Waals surface area contributed by atoms with Crippen molar-refractivity contribution in [2.75, 3.05) is 0 Å². The van der Waals surface area contributed by atoms with Crippen molar-refractivity contribution in [3.8, 4) is 0 Å². The average molecular weight is 244 g/mol. The van der Waals surface area contributed by atoms with Gasteiger partial charge in [-0.1, -0.05) is 16.7 Å². The third-order valence-electron chi connectivity index (χ3n) is 4.92. The van der Waals surface area contributed by atoms with Crippen molar-refractivity contribution in [2.24, 2.45) is 11.8 Å². The number of hydrogen-bond donors (Lipinski definition) is 0. The highest BCUT2D eigenvalue weighted by Gasteiger charge is 2.43. The number of allylic oxidation sites excluding steroid dienone is 6. The van der Waals surface area contributed by atoms with Crippen LogP contribution in [0.15, 0.2) is 33.4 Å². The quantitative estimate of drug-likeness (QED) is 0.612. The minimum Gasteiger partial charge on any atom is -0.290 e. The SMILES string of the molecule is CC1=C(C)C2C(=O)C(=O)C(C)=C(C)C2C(C)=C1C. The Bertz CT molecular complexity index is 546. The van der Waals surface area contributed by atoms with E-state index in [4.69, 9.17) is 0 Å². The van der Waals surface area contributed by atoms with E-state index in [0.717, 1.165) is 11.1 Å². The molecule has 0 saturated heterocycles. The van der Waals surface area contributed by atoms with Crippen LogP contribution in [0.3, 0.4) is 0 Å². The standard InChI is InChI=1S/C16H20O2/c1-7-8(2)10(4)14-13(9(7)3)11(5)12(6)15(17)16(14)18/h13-14H,1-6H3. The molecule has 0 bridgehead atoms. The van der Waals surface area contributed by atoms with Gasteiger partial charge in [-0.15, -0.1) is 0 Å². The Morgan fingerprint density at radius 1 is 0.611 bits per heavy atom. The fraction of sp³-hybridized carbons (Fsp3) is 0.500. The van der Waals surface area contributed by atoms with Crippen LogP contribution in [0.25, 0.3) is 0 Å². The fourth-order valence-electron chi connectivity index (χ4n) is 3.22. The molecule has 2 nitrogen and oxygen atoms in total. The summed E-state index contributed by atoms with van der Waals surface area (Å²) in [4.78, 5) is 24.3. The Kier molecular flexibility index (Phi) is 2.92. The zero-order chi connectivity index (χ0) is 13.8. The predicted molar refractivity (Wildman–Crippen MR) is 72.1 cm³/mol. The Morgan fingerprint density at radius 2 is 1.00 bits per heavy atom. The number of Topliss-reactive ketones (excluding diaryl/α,β-unsaturated/α-hetero) is 2. The summed E-state index contributed by atoms with van der Waals surface area (Å²) in [5, 5.41) is 0. The van der Waals surface area contributed by atoms with Crippen LogP contribution in [0.1, 0.15) is 41.5 Å². The summed E-state index contributed by atoms with van der Waals surface area (Å²) in [6.45, 7) is 12.0. The van der Waals surface area contributed by atoms with E-state index in [9.17, 15) is 9.59 Å². The van der Waals surface area contributed by atoms with Gasteiger partial charge in [0.1, 0.15) is 0 Å². The fourth-order valence-corrected chi connectivity index (χ4v) is 3.22. The normalized spacial score (nSPS) is 29.2. The van der Waals surface area contributed by atoms with Crippen LogP contribution in [-0.2, 0) is 9.59 Å². The van der Waals surface area contributed by atoms with Gasteiger partial charge in [0.25, 0.3) is 0 Å². The maximum absolute atomic E-state index is 12.3. The van der Waals surface area contributed by atoms with Crippen LogP contribution in [0, 0.1) is 11.8 Å². The third kappa shape index (κ3) is 1.48. The second kappa shape index (κ2) is 4.04. The van der Waals surface area contributed by atoms with E-state index in [2.05, 4.69) is 13.8 Å². The summed E-state index contributed by atoms with van der Waals surface area (Å²) in [5.74, 6) is -0.691. The summed E-state index contributed by atoms with van der Waals surface area (Å²) in [5.41, 5.74) is 6.44. The first kappa shape index (κ1) is 13.0. The largest absolute Gasteiger partial charge is 0.290 e. The molecule has 18 heavy (non-hydrogen) atoms. The van der Waals surface area contributed by atoms with Crippen molar-refractivity contribution in [2.45, 2.75) is 41.5 Å². The molecule has 0 heterocycles. The molecule has 0 aromatic rings. The highest BCUT2D eigenvalue weighted by Crippen LogP contribution is 2.45. The van der Waals surface area contributed by atoms with Gasteiger partial charge in [0.2, 0.25) is 11.6 Å². The van der Waals surface area contributed by atoms with Crippen molar-refractivity contribution in [3.05, 3.63) is 33.4 Å². The van der Waals surface area contributed by atoms with Gasteiger partial charge in [0.15, 0.2) is 0 Å². The maximum Gasteiger partial charge on any atom is 0.224 e. The lowest BCUT2D eigenvalue weighted by molar-refractivity contribution is -0.137. The zero-order valence-corrected chi connectivity index (χ0v) is 12.0. The monoisotopic (exact) mass is 244 g/mol. The average Bonchev–Trinajstić information content (AvgIpc) is 2.35. The van der Waals surface area contributed by atoms with Gasteiger partial charge >= 0.3 is 0 Å². The zero-order valence-electron chi connectivity index (χ0n) is 12.0. The molecule has 0 amide bonds. The molecular weight excluding hydrogens is 224 g/mol. The Labute approximate surface area is 108 Å². The molecule has 2 aliphatic rings. The minimum atomic E-state index is -0.298. The maximum atomic E-state index is 12.3. The van der Waals surface area contributed by atoms with E-state index in [0.29, 0.717) is 5.57 Å². The molecule has 0 saturated carbocycles. The van der Waals surface area contributed by atoms with Crippen LogP contribution in [0.5, 0.6) is 0 Å². The van der Waals surface area contributed by atoms with Crippen LogP contribution in [0.2, 0.25) is 0 Å². The lowest BCUT2D eigenvalue weighted by Crippen LogP contribution is -2.40. The summed E-state index contributed by atoms with van der Waals surface area (Å²) in [6.07, 6.45) is 0. The lowest BCUT2D eigenvalue weighted by Gasteiger charge is -2.38. The van der Waals surface area contributed by atoms with Crippen LogP contribution in [0.4, 0.5) is 0 Å². The third-order valence-corrected chi connectivity index (χ3v) is 4.92. The number of carbonyl (C=O) groups is 2. The van der Waals surface area contributed by atoms with E-state index >= 15 is 0 Å². The van der Waals surface area contributed by atoms with Gasteiger partial charge in [-0.2, -0.15) is 0 Å². The molecule has 0 aromatic carbocycles. The summed E-state index contributed by atoms with van der Waals surface area (Å²) in [7, 11) is 0. The molecule has 2 rings (SSSR count). The van der Waals surface area contributed by atoms with Crippen LogP contribution < -0.4 is 0 Å². The molecule has 0 radical (unpaired) electrons. The number of carbonyl (C=O) groups excluding carboxylic acids is 2. The van der Waals surface area contributed by atoms with Crippen molar-refractivity contribution in [1.82, 2.24) is 0 Å². The molecule has 2 unspecified atom stereocenters. The van der Waals surface area contributed by atoms with Gasteiger partial charge in [-0.3, -0.25) is 9.59 Å². The molecule has 0 aromatic heterocycles. The number of hydrogen-bond acceptors (Lipinski definition) is 2. The van der Waals surface area contributed by atoms with Crippen LogP contribution >= 0.6 is 0 Å². The Hall–Kier alpha value is -1.44. The number of rotatable bonds is 0. The first-order chi connectivity index (χ1) is 8.29. The lowest BCUT2D eigenvalue weighted by atomic mass is 9.64. The molecular formula is C16H20O2. The van der Waals surface area contributed by atoms with Crippen LogP contribution in [-0.4, -0.2) is 11.6 Å². The molecule has 0 spiro atoms. The van der Waals surface area contributed by atoms with E-state index in [1.807, 2.05) is 20.8 Å². The highest BCUT2D eigenvalue weighted by molar-refractivity contribution is 6.45. The Morgan fingerprint density at radius 3 is 1.50 bits per heavy atom. The molecule has 0 aliphatic heterocycles. The van der Waals surface area contributed by atoms with Gasteiger partial charge in [-0.05, 0) is 58.3 Å². The van der Waals surface area contributed by atoms with Gasteiger partial charge in [-0.25, -0.2) is 0 Å². The molecule has 2 atom stereocenters. The van der Waals surface area contributed by atoms with Gasteiger partial charge in [0.05, 0.1) is 5.92 Å². The summed E-state index contributed by atoms with van der Waals surface area (Å²) < 4.78 is 0. The van der Waals surface area contributed by atoms with Gasteiger partial charge in [0, 0.05) is 5.92 Å². The van der Waals surface area contributed by atoms with E-state index < -0.39 is 0 Å². The predicted octanol–water partition coefficient (Wildman–Crippen LogP) is 3.39. The second-order valence-electron chi connectivity index (χ2n) is 5.57. The van der Waals surface area contributed by atoms with Crippen molar-refractivity contribution in [3.63, 3.8) is 0 Å². The molecule has 2 aliphatic carbocycles. The smallest absolute Gasteiger partial charge is 0.224 e. The van der Waals surface area contributed by atoms with E-state index in [1.54, 1.807) is 6.92 Å². The first-order valence-electron chi connectivity index (χ1n) is 6.40. The topological polar surface area (TPSA) is 34.1 Å². The second-order valence-corrected chi connectivity index (χ2v) is 5.57. The summed E-state index contributed by atoms with van der Waals surface area (Å²) >= 11 is 0. The molecule has 2 heteroatoms. The number of ketones is 2. The van der Waals surface area contributed by atoms with Crippen molar-refractivity contribution in [1.29, 1.82) is 0 Å². The molecule has 96 valence electrons. The molecule has 0 N–H and O–H groups in total. The van der Waals surface area contributed by atoms with E-state index in [-0.39, 0.29) is 23.4 Å². The van der Waals surface area contributed by atoms with Crippen molar-refractivity contribution >= 4 is 11.6 Å².